The number of ketones is 1. The Kier molecular flexibility index (Phi) is 2.80. The van der Waals surface area contributed by atoms with Gasteiger partial charge in [-0.25, -0.2) is 0 Å². The van der Waals surface area contributed by atoms with Gasteiger partial charge in [0.2, 0.25) is 0 Å². The zero-order valence-electron chi connectivity index (χ0n) is 11.2. The molecule has 2 rings (SSSR count). The van der Waals surface area contributed by atoms with E-state index < -0.39 is 0 Å². The van der Waals surface area contributed by atoms with Crippen molar-refractivity contribution in [1.29, 1.82) is 0 Å². The number of rotatable bonds is 1. The first-order chi connectivity index (χ1) is 7.87. The molecule has 0 bridgehead atoms. The second-order valence-corrected chi connectivity index (χ2v) is 6.35. The molecule has 0 aromatic rings. The normalized spacial score (nSPS) is 48.2. The Morgan fingerprint density at radius 2 is 1.88 bits per heavy atom. The third-order valence-electron chi connectivity index (χ3n) is 6.01. The highest BCUT2D eigenvalue weighted by Gasteiger charge is 2.59. The highest BCUT2D eigenvalue weighted by Crippen LogP contribution is 2.65. The maximum atomic E-state index is 12.2. The van der Waals surface area contributed by atoms with Gasteiger partial charge in [-0.05, 0) is 41.6 Å². The Hall–Kier alpha value is -0.920. The summed E-state index contributed by atoms with van der Waals surface area (Å²) in [5, 5.41) is 0. The van der Waals surface area contributed by atoms with Gasteiger partial charge in [-0.2, -0.15) is 0 Å². The second-order valence-electron chi connectivity index (χ2n) is 6.35. The van der Waals surface area contributed by atoms with Gasteiger partial charge in [0, 0.05) is 12.0 Å². The van der Waals surface area contributed by atoms with E-state index in [2.05, 4.69) is 27.7 Å². The zero-order chi connectivity index (χ0) is 12.8. The summed E-state index contributed by atoms with van der Waals surface area (Å²) in [6.07, 6.45) is 5.21. The summed E-state index contributed by atoms with van der Waals surface area (Å²) in [7, 11) is 0. The monoisotopic (exact) mass is 234 g/mol. The van der Waals surface area contributed by atoms with Gasteiger partial charge in [-0.1, -0.05) is 27.7 Å². The van der Waals surface area contributed by atoms with Crippen LogP contribution in [-0.4, -0.2) is 12.1 Å². The molecule has 4 atom stereocenters. The molecule has 0 N–H and O–H groups in total. The highest BCUT2D eigenvalue weighted by molar-refractivity contribution is 6.00. The van der Waals surface area contributed by atoms with Gasteiger partial charge in [0.1, 0.15) is 6.29 Å². The van der Waals surface area contributed by atoms with E-state index in [-0.39, 0.29) is 22.5 Å². The van der Waals surface area contributed by atoms with Crippen LogP contribution in [0.5, 0.6) is 0 Å². The lowest BCUT2D eigenvalue weighted by atomic mass is 9.52. The molecule has 17 heavy (non-hydrogen) atoms. The molecular formula is C15H22O2. The van der Waals surface area contributed by atoms with Crippen LogP contribution < -0.4 is 0 Å². The van der Waals surface area contributed by atoms with Gasteiger partial charge < -0.3 is 0 Å². The Morgan fingerprint density at radius 3 is 2.47 bits per heavy atom. The van der Waals surface area contributed by atoms with E-state index in [1.54, 1.807) is 0 Å². The van der Waals surface area contributed by atoms with Crippen molar-refractivity contribution in [3.63, 3.8) is 0 Å². The summed E-state index contributed by atoms with van der Waals surface area (Å²) in [5.41, 5.74) is 1.01. The van der Waals surface area contributed by atoms with E-state index in [4.69, 9.17) is 0 Å². The van der Waals surface area contributed by atoms with Crippen LogP contribution >= 0.6 is 0 Å². The number of Topliss-reactive ketones (excluding diaryl/α,β-unsaturated/α-hetero) is 1. The standard InChI is InChI=1S/C15H22O2/c1-10-5-7-14(3)11(2)12(6-8-16)13(17)9-15(10,14)4/h6,8,10-11H,5,7,9H2,1-4H3/b12-6-/t10-,11-,14+,15+/m1/s1. The summed E-state index contributed by atoms with van der Waals surface area (Å²) in [4.78, 5) is 22.9. The van der Waals surface area contributed by atoms with E-state index in [1.807, 2.05) is 0 Å². The predicted octanol–water partition coefficient (Wildman–Crippen LogP) is 3.16. The summed E-state index contributed by atoms with van der Waals surface area (Å²) in [6, 6.07) is 0. The summed E-state index contributed by atoms with van der Waals surface area (Å²) < 4.78 is 0. The minimum atomic E-state index is 0.101. The van der Waals surface area contributed by atoms with Crippen LogP contribution in [0.2, 0.25) is 0 Å². The highest BCUT2D eigenvalue weighted by atomic mass is 16.1. The lowest BCUT2D eigenvalue weighted by Gasteiger charge is -2.51. The van der Waals surface area contributed by atoms with E-state index in [0.717, 1.165) is 18.3 Å². The average Bonchev–Trinajstić information content (AvgIpc) is 2.50. The van der Waals surface area contributed by atoms with E-state index in [0.29, 0.717) is 12.3 Å². The van der Waals surface area contributed by atoms with E-state index in [9.17, 15) is 9.59 Å². The lowest BCUT2D eigenvalue weighted by Crippen LogP contribution is -2.48. The molecule has 0 heterocycles. The Morgan fingerprint density at radius 1 is 1.24 bits per heavy atom. The first kappa shape index (κ1) is 12.5. The molecule has 94 valence electrons. The fourth-order valence-corrected chi connectivity index (χ4v) is 4.10. The molecule has 2 heteroatoms. The topological polar surface area (TPSA) is 34.1 Å². The summed E-state index contributed by atoms with van der Waals surface area (Å²) in [5.74, 6) is 0.971. The molecule has 0 saturated heterocycles. The molecule has 0 unspecified atom stereocenters. The summed E-state index contributed by atoms with van der Waals surface area (Å²) in [6.45, 7) is 8.94. The van der Waals surface area contributed by atoms with Crippen molar-refractivity contribution >= 4 is 12.1 Å². The third kappa shape index (κ3) is 1.46. The number of fused-ring (bicyclic) bond motifs is 1. The number of hydrogen-bond donors (Lipinski definition) is 0. The number of allylic oxidation sites excluding steroid dienone is 2. The Bertz CT molecular complexity index is 396. The van der Waals surface area contributed by atoms with Crippen molar-refractivity contribution < 1.29 is 9.59 Å². The minimum Gasteiger partial charge on any atom is -0.299 e. The number of carbonyl (C=O) groups is 2. The molecule has 0 amide bonds. The quantitative estimate of drug-likeness (QED) is 0.516. The van der Waals surface area contributed by atoms with Crippen LogP contribution in [0.4, 0.5) is 0 Å². The molecule has 2 nitrogen and oxygen atoms in total. The van der Waals surface area contributed by atoms with Gasteiger partial charge in [-0.15, -0.1) is 0 Å². The van der Waals surface area contributed by atoms with Crippen molar-refractivity contribution in [2.75, 3.05) is 0 Å². The molecule has 0 radical (unpaired) electrons. The third-order valence-corrected chi connectivity index (χ3v) is 6.01. The van der Waals surface area contributed by atoms with Crippen molar-refractivity contribution in [1.82, 2.24) is 0 Å². The Labute approximate surface area is 103 Å². The first-order valence-electron chi connectivity index (χ1n) is 6.55. The lowest BCUT2D eigenvalue weighted by molar-refractivity contribution is -0.127. The Balaban J connectivity index is 2.48. The fourth-order valence-electron chi connectivity index (χ4n) is 4.10. The van der Waals surface area contributed by atoms with Crippen molar-refractivity contribution in [3.05, 3.63) is 11.6 Å². The average molecular weight is 234 g/mol. The molecule has 0 spiro atoms. The number of hydrogen-bond acceptors (Lipinski definition) is 2. The molecule has 0 aromatic carbocycles. The molecule has 2 fully saturated rings. The second kappa shape index (κ2) is 3.79. The maximum absolute atomic E-state index is 12.2. The number of aldehydes is 1. The summed E-state index contributed by atoms with van der Waals surface area (Å²) >= 11 is 0. The van der Waals surface area contributed by atoms with Crippen LogP contribution in [0.15, 0.2) is 11.6 Å². The van der Waals surface area contributed by atoms with Gasteiger partial charge in [0.05, 0.1) is 0 Å². The fraction of sp³-hybridized carbons (Fsp3) is 0.733. The van der Waals surface area contributed by atoms with Crippen LogP contribution in [0.3, 0.4) is 0 Å². The molecule has 2 aliphatic rings. The van der Waals surface area contributed by atoms with Crippen LogP contribution in [0.25, 0.3) is 0 Å². The van der Waals surface area contributed by atoms with Crippen molar-refractivity contribution in [2.45, 2.75) is 47.0 Å². The zero-order valence-corrected chi connectivity index (χ0v) is 11.2. The largest absolute Gasteiger partial charge is 0.299 e. The molecule has 2 aliphatic carbocycles. The first-order valence-corrected chi connectivity index (χ1v) is 6.55. The number of carbonyl (C=O) groups excluding carboxylic acids is 2. The van der Waals surface area contributed by atoms with Crippen LogP contribution in [0.1, 0.15) is 47.0 Å². The van der Waals surface area contributed by atoms with Crippen molar-refractivity contribution in [2.24, 2.45) is 22.7 Å². The minimum absolute atomic E-state index is 0.101. The van der Waals surface area contributed by atoms with E-state index >= 15 is 0 Å². The molecule has 0 aliphatic heterocycles. The van der Waals surface area contributed by atoms with Crippen LogP contribution in [0, 0.1) is 22.7 Å². The molecule has 0 aromatic heterocycles. The van der Waals surface area contributed by atoms with E-state index in [1.165, 1.54) is 12.5 Å². The van der Waals surface area contributed by atoms with Crippen LogP contribution in [-0.2, 0) is 9.59 Å². The molecular weight excluding hydrogens is 212 g/mol. The molecule has 2 saturated carbocycles. The smallest absolute Gasteiger partial charge is 0.159 e. The van der Waals surface area contributed by atoms with Gasteiger partial charge >= 0.3 is 0 Å². The van der Waals surface area contributed by atoms with Crippen molar-refractivity contribution in [3.8, 4) is 0 Å². The predicted molar refractivity (Wildman–Crippen MR) is 67.5 cm³/mol. The SMILES string of the molecule is C[C@@H]1CC[C@@]2(C)[C@H](C)/C(=C/C=O)C(=O)C[C@@]12C. The maximum Gasteiger partial charge on any atom is 0.159 e. The van der Waals surface area contributed by atoms with Gasteiger partial charge in [0.15, 0.2) is 5.78 Å². The van der Waals surface area contributed by atoms with Gasteiger partial charge in [-0.3, -0.25) is 9.59 Å². The van der Waals surface area contributed by atoms with Gasteiger partial charge in [0.25, 0.3) is 0 Å².